The van der Waals surface area contributed by atoms with Gasteiger partial charge in [0.25, 0.3) is 0 Å². The first-order chi connectivity index (χ1) is 12.1. The van der Waals surface area contributed by atoms with Crippen molar-refractivity contribution in [3.8, 4) is 0 Å². The molecule has 0 aliphatic carbocycles. The minimum atomic E-state index is -1.66. The average molecular weight is 392 g/mol. The third kappa shape index (κ3) is 5.89. The Labute approximate surface area is 155 Å². The Hall–Kier alpha value is -0.740. The normalized spacial score (nSPS) is 25.4. The number of nitrogens with two attached hydrogens (primary N) is 3. The molecule has 25 heavy (non-hydrogen) atoms. The van der Waals surface area contributed by atoms with E-state index in [4.69, 9.17) is 31.4 Å². The molecule has 0 spiro atoms. The Morgan fingerprint density at radius 3 is 3.00 bits per heavy atom. The first-order valence-electron chi connectivity index (χ1n) is 8.37. The first-order valence-corrected chi connectivity index (χ1v) is 10.7. The molecule has 3 atom stereocenters. The predicted octanol–water partition coefficient (Wildman–Crippen LogP) is -0.224. The van der Waals surface area contributed by atoms with Crippen molar-refractivity contribution >= 4 is 19.8 Å². The summed E-state index contributed by atoms with van der Waals surface area (Å²) in [6, 6.07) is 0. The smallest absolute Gasteiger partial charge is 0.232 e. The van der Waals surface area contributed by atoms with Crippen LogP contribution < -0.4 is 27.8 Å². The Morgan fingerprint density at radius 2 is 2.32 bits per heavy atom. The van der Waals surface area contributed by atoms with Crippen molar-refractivity contribution < 1.29 is 14.2 Å². The van der Waals surface area contributed by atoms with E-state index >= 15 is 0 Å². The van der Waals surface area contributed by atoms with Crippen molar-refractivity contribution in [3.63, 3.8) is 0 Å². The monoisotopic (exact) mass is 392 g/mol. The molecule has 2 aliphatic rings. The van der Waals surface area contributed by atoms with Crippen molar-refractivity contribution in [1.82, 2.24) is 15.5 Å². The van der Waals surface area contributed by atoms with Gasteiger partial charge in [0.2, 0.25) is 7.58 Å². The SMILES string of the molecule is NCCC/C=C(/N)C1=C(NCN)N([C@H]2CC[C@@H](COP(O)S)O2)CN1. The highest BCUT2D eigenvalue weighted by Crippen LogP contribution is 2.37. The topological polar surface area (TPSA) is 144 Å². The zero-order chi connectivity index (χ0) is 18.2. The predicted molar refractivity (Wildman–Crippen MR) is 102 cm³/mol. The number of ether oxygens (including phenoxy) is 1. The van der Waals surface area contributed by atoms with Crippen LogP contribution in [0.4, 0.5) is 0 Å². The zero-order valence-electron chi connectivity index (χ0n) is 14.2. The van der Waals surface area contributed by atoms with Gasteiger partial charge in [-0.3, -0.25) is 0 Å². The Kier molecular flexibility index (Phi) is 8.57. The highest BCUT2D eigenvalue weighted by molar-refractivity contribution is 8.41. The van der Waals surface area contributed by atoms with Crippen LogP contribution in [-0.2, 0) is 9.26 Å². The molecular formula is C14H29N6O3PS. The van der Waals surface area contributed by atoms with Crippen LogP contribution in [0.2, 0.25) is 0 Å². The molecule has 2 heterocycles. The fourth-order valence-corrected chi connectivity index (χ4v) is 3.41. The van der Waals surface area contributed by atoms with Gasteiger partial charge in [0, 0.05) is 0 Å². The van der Waals surface area contributed by atoms with E-state index in [1.807, 2.05) is 6.08 Å². The third-order valence-electron chi connectivity index (χ3n) is 4.09. The van der Waals surface area contributed by atoms with Crippen molar-refractivity contribution in [2.75, 3.05) is 26.5 Å². The van der Waals surface area contributed by atoms with Gasteiger partial charge in [0.1, 0.15) is 12.0 Å². The Balaban J connectivity index is 2.02. The first kappa shape index (κ1) is 20.6. The van der Waals surface area contributed by atoms with E-state index < -0.39 is 7.58 Å². The molecule has 1 unspecified atom stereocenters. The van der Waals surface area contributed by atoms with Gasteiger partial charge < -0.3 is 46.9 Å². The van der Waals surface area contributed by atoms with Crippen LogP contribution in [-0.4, -0.2) is 48.6 Å². The number of hydrogen-bond donors (Lipinski definition) is 7. The Morgan fingerprint density at radius 1 is 1.52 bits per heavy atom. The molecule has 0 amide bonds. The molecule has 2 rings (SSSR count). The lowest BCUT2D eigenvalue weighted by atomic mass is 10.2. The number of unbranched alkanes of at least 4 members (excludes halogenated alkanes) is 1. The Bertz CT molecular complexity index is 493. The molecule has 9 nitrogen and oxygen atoms in total. The van der Waals surface area contributed by atoms with E-state index in [9.17, 15) is 0 Å². The van der Waals surface area contributed by atoms with Crippen molar-refractivity contribution in [3.05, 3.63) is 23.3 Å². The summed E-state index contributed by atoms with van der Waals surface area (Å²) in [5, 5.41) is 6.49. The number of rotatable bonds is 10. The number of hydrogen-bond acceptors (Lipinski definition) is 10. The highest BCUT2D eigenvalue weighted by Gasteiger charge is 2.35. The fourth-order valence-electron chi connectivity index (χ4n) is 2.91. The second kappa shape index (κ2) is 10.4. The van der Waals surface area contributed by atoms with E-state index in [-0.39, 0.29) is 12.3 Å². The highest BCUT2D eigenvalue weighted by atomic mass is 32.7. The maximum Gasteiger partial charge on any atom is 0.232 e. The maximum atomic E-state index is 9.16. The van der Waals surface area contributed by atoms with Crippen LogP contribution in [0.3, 0.4) is 0 Å². The number of allylic oxidation sites excluding steroid dienone is 1. The fraction of sp³-hybridized carbons (Fsp3) is 0.714. The molecule has 9 N–H and O–H groups in total. The maximum absolute atomic E-state index is 9.16. The summed E-state index contributed by atoms with van der Waals surface area (Å²) in [6.07, 6.45) is 5.24. The van der Waals surface area contributed by atoms with Crippen LogP contribution in [0.1, 0.15) is 25.7 Å². The van der Waals surface area contributed by atoms with E-state index in [0.29, 0.717) is 32.2 Å². The lowest BCUT2D eigenvalue weighted by molar-refractivity contribution is -0.0508. The molecule has 11 heteroatoms. The van der Waals surface area contributed by atoms with Gasteiger partial charge in [0.15, 0.2) is 0 Å². The quantitative estimate of drug-likeness (QED) is 0.116. The minimum Gasteiger partial charge on any atom is -0.397 e. The van der Waals surface area contributed by atoms with E-state index in [2.05, 4.69) is 27.8 Å². The van der Waals surface area contributed by atoms with Gasteiger partial charge in [0.05, 0.1) is 37.4 Å². The largest absolute Gasteiger partial charge is 0.397 e. The van der Waals surface area contributed by atoms with Crippen LogP contribution in [0.25, 0.3) is 0 Å². The lowest BCUT2D eigenvalue weighted by Gasteiger charge is -2.28. The molecular weight excluding hydrogens is 363 g/mol. The van der Waals surface area contributed by atoms with E-state index in [1.54, 1.807) is 0 Å². The van der Waals surface area contributed by atoms with E-state index in [1.165, 1.54) is 0 Å². The molecule has 0 bridgehead atoms. The summed E-state index contributed by atoms with van der Waals surface area (Å²) in [6.45, 7) is 1.85. The van der Waals surface area contributed by atoms with Crippen molar-refractivity contribution in [2.45, 2.75) is 38.0 Å². The second-order valence-electron chi connectivity index (χ2n) is 5.84. The molecule has 0 aromatic heterocycles. The third-order valence-corrected chi connectivity index (χ3v) is 4.82. The number of nitrogens with one attached hydrogen (secondary N) is 2. The molecule has 2 aliphatic heterocycles. The summed E-state index contributed by atoms with van der Waals surface area (Å²) >= 11 is 3.85. The second-order valence-corrected chi connectivity index (χ2v) is 7.63. The summed E-state index contributed by atoms with van der Waals surface area (Å²) in [7, 11) is -1.66. The minimum absolute atomic E-state index is 0.0603. The lowest BCUT2D eigenvalue weighted by Crippen LogP contribution is -2.40. The van der Waals surface area contributed by atoms with E-state index in [0.717, 1.165) is 37.2 Å². The average Bonchev–Trinajstić information content (AvgIpc) is 3.20. The van der Waals surface area contributed by atoms with Crippen LogP contribution in [0.15, 0.2) is 23.3 Å². The molecule has 1 saturated heterocycles. The van der Waals surface area contributed by atoms with Crippen LogP contribution in [0, 0.1) is 0 Å². The van der Waals surface area contributed by atoms with Gasteiger partial charge >= 0.3 is 0 Å². The summed E-state index contributed by atoms with van der Waals surface area (Å²) in [4.78, 5) is 11.2. The molecule has 144 valence electrons. The van der Waals surface area contributed by atoms with Gasteiger partial charge in [-0.1, -0.05) is 18.3 Å². The molecule has 0 saturated carbocycles. The summed E-state index contributed by atoms with van der Waals surface area (Å²) < 4.78 is 11.2. The van der Waals surface area contributed by atoms with Crippen LogP contribution >= 0.6 is 19.8 Å². The van der Waals surface area contributed by atoms with Gasteiger partial charge in [-0.25, -0.2) is 0 Å². The number of nitrogens with zero attached hydrogens (tertiary/aromatic N) is 1. The molecule has 0 radical (unpaired) electrons. The van der Waals surface area contributed by atoms with Crippen molar-refractivity contribution in [2.24, 2.45) is 17.2 Å². The standard InChI is InChI=1S/C14H29N6O3PS/c15-6-2-1-3-11(17)13-14(18-8-16)20(9-19-13)12-5-4-10(23-12)7-22-24(21)25/h3,10,12,18-19,21,25H,1-2,4-9,15-17H2/b11-3+/t10-,12+,24?/m0/s1. The van der Waals surface area contributed by atoms with Gasteiger partial charge in [-0.05, 0) is 32.2 Å². The zero-order valence-corrected chi connectivity index (χ0v) is 16.0. The summed E-state index contributed by atoms with van der Waals surface area (Å²) in [5.41, 5.74) is 18.9. The van der Waals surface area contributed by atoms with Gasteiger partial charge in [-0.15, -0.1) is 0 Å². The number of thiol groups is 1. The van der Waals surface area contributed by atoms with Crippen LogP contribution in [0.5, 0.6) is 0 Å². The summed E-state index contributed by atoms with van der Waals surface area (Å²) in [5.74, 6) is 0.842. The van der Waals surface area contributed by atoms with Crippen molar-refractivity contribution in [1.29, 1.82) is 0 Å². The van der Waals surface area contributed by atoms with Gasteiger partial charge in [-0.2, -0.15) is 0 Å². The molecule has 0 aromatic carbocycles. The molecule has 1 fully saturated rings. The molecule has 0 aromatic rings.